The maximum absolute atomic E-state index is 12.8. The Hall–Kier alpha value is -1.77. The number of Topliss-reactive ketones (excluding diaryl/α,β-unsaturated/α-hetero) is 1. The lowest BCUT2D eigenvalue weighted by molar-refractivity contribution is 0.0971. The minimum atomic E-state index is 0.140. The summed E-state index contributed by atoms with van der Waals surface area (Å²) in [6.45, 7) is 9.51. The van der Waals surface area contributed by atoms with E-state index in [0.29, 0.717) is 24.8 Å². The topological polar surface area (TPSA) is 41.8 Å². The number of carbonyl (C=O) groups is 1. The monoisotopic (exact) mass is 326 g/mol. The third kappa shape index (κ3) is 5.12. The summed E-state index contributed by atoms with van der Waals surface area (Å²) in [6.07, 6.45) is 6.29. The molecular formula is C21H30N2O. The predicted octanol–water partition coefficient (Wildman–Crippen LogP) is 4.96. The van der Waals surface area contributed by atoms with E-state index in [2.05, 4.69) is 43.7 Å². The van der Waals surface area contributed by atoms with E-state index in [1.165, 1.54) is 6.42 Å². The number of aliphatic imine (C=N–C) groups is 2. The van der Waals surface area contributed by atoms with Crippen molar-refractivity contribution in [1.29, 1.82) is 0 Å². The molecule has 3 nitrogen and oxygen atoms in total. The summed E-state index contributed by atoms with van der Waals surface area (Å²) in [5, 5.41) is 0. The predicted molar refractivity (Wildman–Crippen MR) is 103 cm³/mol. The van der Waals surface area contributed by atoms with Crippen molar-refractivity contribution >= 4 is 18.2 Å². The summed E-state index contributed by atoms with van der Waals surface area (Å²) in [5.41, 5.74) is 1.96. The molecule has 0 spiro atoms. The van der Waals surface area contributed by atoms with Crippen molar-refractivity contribution in [2.75, 3.05) is 6.54 Å². The Kier molecular flexibility index (Phi) is 6.89. The van der Waals surface area contributed by atoms with Crippen LogP contribution in [0.2, 0.25) is 0 Å². The van der Waals surface area contributed by atoms with Crippen LogP contribution in [-0.4, -0.2) is 30.8 Å². The van der Waals surface area contributed by atoms with Gasteiger partial charge < -0.3 is 0 Å². The number of hydrogen-bond donors (Lipinski definition) is 0. The summed E-state index contributed by atoms with van der Waals surface area (Å²) in [6, 6.07) is 8.15. The van der Waals surface area contributed by atoms with E-state index in [4.69, 9.17) is 0 Å². The number of rotatable bonds is 7. The maximum Gasteiger partial charge on any atom is 0.163 e. The molecule has 1 heterocycles. The molecule has 3 atom stereocenters. The second-order valence-electron chi connectivity index (χ2n) is 7.44. The van der Waals surface area contributed by atoms with Crippen molar-refractivity contribution in [2.24, 2.45) is 21.8 Å². The molecule has 1 aliphatic heterocycles. The first-order valence-electron chi connectivity index (χ1n) is 9.12. The van der Waals surface area contributed by atoms with E-state index in [0.717, 1.165) is 17.5 Å². The third-order valence-corrected chi connectivity index (χ3v) is 4.78. The zero-order valence-corrected chi connectivity index (χ0v) is 15.4. The molecule has 0 fully saturated rings. The molecule has 0 radical (unpaired) electrons. The van der Waals surface area contributed by atoms with Gasteiger partial charge in [-0.1, -0.05) is 45.0 Å². The van der Waals surface area contributed by atoms with Crippen LogP contribution in [0.4, 0.5) is 0 Å². The Morgan fingerprint density at radius 2 is 1.96 bits per heavy atom. The molecule has 0 saturated heterocycles. The summed E-state index contributed by atoms with van der Waals surface area (Å²) < 4.78 is 0. The smallest absolute Gasteiger partial charge is 0.163 e. The van der Waals surface area contributed by atoms with E-state index in [9.17, 15) is 4.79 Å². The quantitative estimate of drug-likeness (QED) is 0.653. The molecule has 24 heavy (non-hydrogen) atoms. The van der Waals surface area contributed by atoms with E-state index in [1.807, 2.05) is 18.2 Å². The molecule has 0 aliphatic carbocycles. The number of hydrogen-bond acceptors (Lipinski definition) is 3. The SMILES string of the molecule is CC(C)CC(C)CCC(=O)c1ccccc1C1CN=CC=NC1C. The maximum atomic E-state index is 12.8. The molecule has 1 aliphatic rings. The molecule has 0 N–H and O–H groups in total. The molecular weight excluding hydrogens is 296 g/mol. The first-order chi connectivity index (χ1) is 11.5. The minimum Gasteiger partial charge on any atom is -0.294 e. The molecule has 1 aromatic rings. The Morgan fingerprint density at radius 3 is 2.71 bits per heavy atom. The van der Waals surface area contributed by atoms with Crippen LogP contribution >= 0.6 is 0 Å². The Balaban J connectivity index is 2.12. The fraction of sp³-hybridized carbons (Fsp3) is 0.571. The highest BCUT2D eigenvalue weighted by molar-refractivity contribution is 6.16. The molecule has 3 unspecified atom stereocenters. The van der Waals surface area contributed by atoms with Crippen LogP contribution in [0.25, 0.3) is 0 Å². The largest absolute Gasteiger partial charge is 0.294 e. The summed E-state index contributed by atoms with van der Waals surface area (Å²) >= 11 is 0. The van der Waals surface area contributed by atoms with Gasteiger partial charge in [0.2, 0.25) is 0 Å². The van der Waals surface area contributed by atoms with Crippen LogP contribution in [0.15, 0.2) is 34.3 Å². The zero-order valence-electron chi connectivity index (χ0n) is 15.4. The van der Waals surface area contributed by atoms with Crippen LogP contribution < -0.4 is 0 Å². The van der Waals surface area contributed by atoms with Crippen LogP contribution in [0.1, 0.15) is 68.8 Å². The second kappa shape index (κ2) is 8.91. The van der Waals surface area contributed by atoms with Crippen molar-refractivity contribution in [3.63, 3.8) is 0 Å². The van der Waals surface area contributed by atoms with E-state index in [-0.39, 0.29) is 17.7 Å². The van der Waals surface area contributed by atoms with Crippen molar-refractivity contribution in [3.8, 4) is 0 Å². The molecule has 3 heteroatoms. The highest BCUT2D eigenvalue weighted by Gasteiger charge is 2.24. The lowest BCUT2D eigenvalue weighted by Crippen LogP contribution is -2.19. The third-order valence-electron chi connectivity index (χ3n) is 4.78. The summed E-state index contributed by atoms with van der Waals surface area (Å²) in [7, 11) is 0. The Morgan fingerprint density at radius 1 is 1.21 bits per heavy atom. The fourth-order valence-electron chi connectivity index (χ4n) is 3.52. The van der Waals surface area contributed by atoms with Gasteiger partial charge in [-0.2, -0.15) is 0 Å². The fourth-order valence-corrected chi connectivity index (χ4v) is 3.52. The van der Waals surface area contributed by atoms with Gasteiger partial charge in [0.25, 0.3) is 0 Å². The molecule has 1 aromatic carbocycles. The molecule has 2 rings (SSSR count). The highest BCUT2D eigenvalue weighted by atomic mass is 16.1. The van der Waals surface area contributed by atoms with Crippen LogP contribution in [0, 0.1) is 11.8 Å². The van der Waals surface area contributed by atoms with E-state index >= 15 is 0 Å². The van der Waals surface area contributed by atoms with Crippen molar-refractivity contribution in [3.05, 3.63) is 35.4 Å². The van der Waals surface area contributed by atoms with Gasteiger partial charge in [0.05, 0.1) is 6.04 Å². The molecule has 130 valence electrons. The van der Waals surface area contributed by atoms with Crippen LogP contribution in [0.3, 0.4) is 0 Å². The number of benzene rings is 1. The minimum absolute atomic E-state index is 0.140. The normalized spacial score (nSPS) is 21.7. The summed E-state index contributed by atoms with van der Waals surface area (Å²) in [5.74, 6) is 1.70. The van der Waals surface area contributed by atoms with E-state index in [1.54, 1.807) is 12.4 Å². The lowest BCUT2D eigenvalue weighted by Gasteiger charge is -2.21. The van der Waals surface area contributed by atoms with Gasteiger partial charge >= 0.3 is 0 Å². The Bertz CT molecular complexity index is 604. The molecule has 0 saturated carbocycles. The average molecular weight is 326 g/mol. The number of nitrogens with zero attached hydrogens (tertiary/aromatic N) is 2. The highest BCUT2D eigenvalue weighted by Crippen LogP contribution is 2.28. The number of carbonyl (C=O) groups excluding carboxylic acids is 1. The first kappa shape index (κ1) is 18.6. The van der Waals surface area contributed by atoms with Gasteiger partial charge in [-0.05, 0) is 37.2 Å². The van der Waals surface area contributed by atoms with Gasteiger partial charge in [-0.15, -0.1) is 0 Å². The first-order valence-corrected chi connectivity index (χ1v) is 9.12. The van der Waals surface area contributed by atoms with Gasteiger partial charge in [-0.25, -0.2) is 0 Å². The van der Waals surface area contributed by atoms with Crippen LogP contribution in [0.5, 0.6) is 0 Å². The zero-order chi connectivity index (χ0) is 17.5. The van der Waals surface area contributed by atoms with Gasteiger partial charge in [0, 0.05) is 36.9 Å². The van der Waals surface area contributed by atoms with Crippen molar-refractivity contribution < 1.29 is 4.79 Å². The number of ketones is 1. The van der Waals surface area contributed by atoms with Crippen molar-refractivity contribution in [2.45, 2.75) is 58.9 Å². The summed E-state index contributed by atoms with van der Waals surface area (Å²) in [4.78, 5) is 21.7. The van der Waals surface area contributed by atoms with Crippen LogP contribution in [-0.2, 0) is 0 Å². The molecule has 0 bridgehead atoms. The second-order valence-corrected chi connectivity index (χ2v) is 7.44. The standard InChI is InChI=1S/C21H30N2O/c1-15(2)13-16(3)9-10-21(24)19-8-6-5-7-18(19)20-14-22-11-12-23-17(20)4/h5-8,11-12,15-17,20H,9-10,13-14H2,1-4H3. The average Bonchev–Trinajstić information content (AvgIpc) is 2.76. The van der Waals surface area contributed by atoms with Gasteiger partial charge in [0.1, 0.15) is 0 Å². The van der Waals surface area contributed by atoms with Crippen molar-refractivity contribution in [1.82, 2.24) is 0 Å². The van der Waals surface area contributed by atoms with Gasteiger partial charge in [-0.3, -0.25) is 14.8 Å². The molecule has 0 amide bonds. The van der Waals surface area contributed by atoms with E-state index < -0.39 is 0 Å². The van der Waals surface area contributed by atoms with Gasteiger partial charge in [0.15, 0.2) is 5.78 Å². The molecule has 0 aromatic heterocycles. The Labute approximate surface area is 146 Å². The lowest BCUT2D eigenvalue weighted by atomic mass is 9.86.